The van der Waals surface area contributed by atoms with Gasteiger partial charge in [-0.15, -0.1) is 0 Å². The van der Waals surface area contributed by atoms with Crippen molar-refractivity contribution in [2.24, 2.45) is 0 Å². The third kappa shape index (κ3) is 3.75. The second-order valence-corrected chi connectivity index (χ2v) is 11.1. The van der Waals surface area contributed by atoms with E-state index in [2.05, 4.69) is 138 Å². The third-order valence-electron chi connectivity index (χ3n) is 8.57. The molecule has 0 aliphatic rings. The minimum Gasteiger partial charge on any atom is -0.294 e. The van der Waals surface area contributed by atoms with Crippen molar-refractivity contribution in [1.82, 2.24) is 14.5 Å². The van der Waals surface area contributed by atoms with Gasteiger partial charge in [-0.05, 0) is 56.6 Å². The summed E-state index contributed by atoms with van der Waals surface area (Å²) in [6.07, 6.45) is 0. The average molecular weight is 548 g/mol. The minimum absolute atomic E-state index is 0.707. The fraction of sp³-hybridized carbons (Fsp3) is 0. The van der Waals surface area contributed by atoms with Crippen molar-refractivity contribution >= 4 is 54.1 Å². The highest BCUT2D eigenvalue weighted by Crippen LogP contribution is 2.37. The lowest BCUT2D eigenvalue weighted by atomic mass is 9.95. The third-order valence-corrected chi connectivity index (χ3v) is 8.57. The zero-order valence-corrected chi connectivity index (χ0v) is 23.3. The van der Waals surface area contributed by atoms with E-state index in [1.165, 1.54) is 43.1 Å². The van der Waals surface area contributed by atoms with Crippen molar-refractivity contribution in [2.75, 3.05) is 0 Å². The number of nitrogens with zero attached hydrogens (tertiary/aromatic N) is 3. The van der Waals surface area contributed by atoms with Gasteiger partial charge in [-0.25, -0.2) is 9.97 Å². The van der Waals surface area contributed by atoms with E-state index in [9.17, 15) is 0 Å². The molecule has 200 valence electrons. The first-order chi connectivity index (χ1) is 21.3. The van der Waals surface area contributed by atoms with Crippen molar-refractivity contribution in [3.05, 3.63) is 152 Å². The molecule has 3 heteroatoms. The molecule has 0 bridgehead atoms. The first-order valence-corrected chi connectivity index (χ1v) is 14.6. The Labute approximate surface area is 248 Å². The summed E-state index contributed by atoms with van der Waals surface area (Å²) in [5.74, 6) is 1.56. The molecular formula is C40H25N3. The Balaban J connectivity index is 1.35. The Kier molecular flexibility index (Phi) is 5.20. The molecule has 0 fully saturated rings. The van der Waals surface area contributed by atoms with Gasteiger partial charge < -0.3 is 0 Å². The topological polar surface area (TPSA) is 30.7 Å². The highest BCUT2D eigenvalue weighted by Gasteiger charge is 2.17. The van der Waals surface area contributed by atoms with Gasteiger partial charge in [0.1, 0.15) is 5.82 Å². The zero-order chi connectivity index (χ0) is 28.3. The Morgan fingerprint density at radius 1 is 0.395 bits per heavy atom. The van der Waals surface area contributed by atoms with Crippen LogP contribution in [0.2, 0.25) is 0 Å². The van der Waals surface area contributed by atoms with Crippen molar-refractivity contribution in [2.45, 2.75) is 0 Å². The molecule has 0 spiro atoms. The van der Waals surface area contributed by atoms with Crippen molar-refractivity contribution in [3.63, 3.8) is 0 Å². The molecule has 0 atom stereocenters. The quantitative estimate of drug-likeness (QED) is 0.163. The van der Waals surface area contributed by atoms with Gasteiger partial charge >= 0.3 is 0 Å². The largest absolute Gasteiger partial charge is 0.294 e. The van der Waals surface area contributed by atoms with Gasteiger partial charge in [-0.2, -0.15) is 0 Å². The number of hydrogen-bond donors (Lipinski definition) is 0. The molecule has 9 rings (SSSR count). The molecule has 0 aliphatic carbocycles. The lowest BCUT2D eigenvalue weighted by Gasteiger charge is -2.14. The van der Waals surface area contributed by atoms with Crippen LogP contribution in [-0.2, 0) is 0 Å². The standard InChI is InChI=1S/C40H25N3/c1-2-11-26(12-3-1)40-41-36(25-39(42-40)43-37-19-8-6-15-33(37)34-16-7-9-20-38(34)43)32-18-10-17-30-31(32)22-21-29-23-27-13-4-5-14-28(27)24-35(29)30/h1-25H. The van der Waals surface area contributed by atoms with E-state index in [0.29, 0.717) is 5.82 Å². The van der Waals surface area contributed by atoms with Gasteiger partial charge in [-0.1, -0.05) is 121 Å². The van der Waals surface area contributed by atoms with Gasteiger partial charge in [0.25, 0.3) is 0 Å². The maximum atomic E-state index is 5.20. The van der Waals surface area contributed by atoms with E-state index >= 15 is 0 Å². The van der Waals surface area contributed by atoms with Gasteiger partial charge in [0.15, 0.2) is 5.82 Å². The van der Waals surface area contributed by atoms with E-state index < -0.39 is 0 Å². The highest BCUT2D eigenvalue weighted by atomic mass is 15.1. The number of rotatable bonds is 3. The maximum absolute atomic E-state index is 5.20. The zero-order valence-electron chi connectivity index (χ0n) is 23.3. The van der Waals surface area contributed by atoms with Crippen molar-refractivity contribution in [1.29, 1.82) is 0 Å². The number of benzene rings is 7. The fourth-order valence-electron chi connectivity index (χ4n) is 6.58. The number of aromatic nitrogens is 3. The predicted molar refractivity (Wildman–Crippen MR) is 180 cm³/mol. The van der Waals surface area contributed by atoms with E-state index in [0.717, 1.165) is 33.7 Å². The summed E-state index contributed by atoms with van der Waals surface area (Å²) in [6, 6.07) is 53.7. The lowest BCUT2D eigenvalue weighted by Crippen LogP contribution is -2.02. The second-order valence-electron chi connectivity index (χ2n) is 11.1. The van der Waals surface area contributed by atoms with Crippen molar-refractivity contribution in [3.8, 4) is 28.5 Å². The molecule has 9 aromatic rings. The summed E-state index contributed by atoms with van der Waals surface area (Å²) >= 11 is 0. The van der Waals surface area contributed by atoms with Crippen LogP contribution in [0, 0.1) is 0 Å². The van der Waals surface area contributed by atoms with Gasteiger partial charge in [-0.3, -0.25) is 4.57 Å². The molecule has 2 heterocycles. The number of fused-ring (bicyclic) bond motifs is 7. The first kappa shape index (κ1) is 23.9. The molecule has 3 nitrogen and oxygen atoms in total. The molecule has 0 saturated carbocycles. The SMILES string of the molecule is c1ccc(-c2nc(-c3cccc4c3ccc3cc5ccccc5cc34)cc(-n3c4ccccc4c4ccccc43)n2)cc1. The van der Waals surface area contributed by atoms with Crippen LogP contribution in [-0.4, -0.2) is 14.5 Å². The molecule has 2 aromatic heterocycles. The Morgan fingerprint density at radius 3 is 1.81 bits per heavy atom. The summed E-state index contributed by atoms with van der Waals surface area (Å²) in [5, 5.41) is 9.81. The van der Waals surface area contributed by atoms with Gasteiger partial charge in [0.2, 0.25) is 0 Å². The Hall–Kier alpha value is -5.80. The number of para-hydroxylation sites is 2. The summed E-state index contributed by atoms with van der Waals surface area (Å²) in [7, 11) is 0. The predicted octanol–water partition coefficient (Wildman–Crippen LogP) is 10.4. The van der Waals surface area contributed by atoms with Gasteiger partial charge in [0.05, 0.1) is 16.7 Å². The van der Waals surface area contributed by atoms with Crippen LogP contribution in [0.4, 0.5) is 0 Å². The summed E-state index contributed by atoms with van der Waals surface area (Å²) in [5.41, 5.74) is 5.24. The molecule has 0 radical (unpaired) electrons. The average Bonchev–Trinajstić information content (AvgIpc) is 3.42. The fourth-order valence-corrected chi connectivity index (χ4v) is 6.58. The minimum atomic E-state index is 0.707. The van der Waals surface area contributed by atoms with Crippen molar-refractivity contribution < 1.29 is 0 Å². The molecule has 43 heavy (non-hydrogen) atoms. The monoisotopic (exact) mass is 547 g/mol. The normalized spacial score (nSPS) is 11.7. The summed E-state index contributed by atoms with van der Waals surface area (Å²) < 4.78 is 2.27. The maximum Gasteiger partial charge on any atom is 0.162 e. The molecule has 0 aliphatic heterocycles. The second kappa shape index (κ2) is 9.37. The summed E-state index contributed by atoms with van der Waals surface area (Å²) in [6.45, 7) is 0. The van der Waals surface area contributed by atoms with E-state index in [4.69, 9.17) is 9.97 Å². The van der Waals surface area contributed by atoms with Crippen LogP contribution in [0.25, 0.3) is 82.6 Å². The first-order valence-electron chi connectivity index (χ1n) is 14.6. The molecule has 0 unspecified atom stereocenters. The van der Waals surface area contributed by atoms with Crippen LogP contribution in [0.5, 0.6) is 0 Å². The van der Waals surface area contributed by atoms with Crippen LogP contribution >= 0.6 is 0 Å². The number of hydrogen-bond acceptors (Lipinski definition) is 2. The van der Waals surface area contributed by atoms with Crippen LogP contribution in [0.15, 0.2) is 152 Å². The highest BCUT2D eigenvalue weighted by molar-refractivity contribution is 6.15. The van der Waals surface area contributed by atoms with Gasteiger partial charge in [0, 0.05) is 28.0 Å². The molecule has 7 aromatic carbocycles. The Morgan fingerprint density at radius 2 is 1.05 bits per heavy atom. The molecule has 0 saturated heterocycles. The summed E-state index contributed by atoms with van der Waals surface area (Å²) in [4.78, 5) is 10.4. The van der Waals surface area contributed by atoms with Crippen LogP contribution in [0.3, 0.4) is 0 Å². The smallest absolute Gasteiger partial charge is 0.162 e. The molecule has 0 N–H and O–H groups in total. The van der Waals surface area contributed by atoms with E-state index in [1.807, 2.05) is 18.2 Å². The molecular weight excluding hydrogens is 522 g/mol. The molecule has 0 amide bonds. The van der Waals surface area contributed by atoms with Crippen LogP contribution < -0.4 is 0 Å². The van der Waals surface area contributed by atoms with Crippen LogP contribution in [0.1, 0.15) is 0 Å². The van der Waals surface area contributed by atoms with E-state index in [-0.39, 0.29) is 0 Å². The van der Waals surface area contributed by atoms with E-state index in [1.54, 1.807) is 0 Å². The Bertz CT molecular complexity index is 2450. The lowest BCUT2D eigenvalue weighted by molar-refractivity contribution is 1.05.